The van der Waals surface area contributed by atoms with Gasteiger partial charge >= 0.3 is 11.9 Å². The van der Waals surface area contributed by atoms with Crippen LogP contribution in [0.25, 0.3) is 0 Å². The Morgan fingerprint density at radius 1 is 0.649 bits per heavy atom. The molecule has 1 aliphatic heterocycles. The summed E-state index contributed by atoms with van der Waals surface area (Å²) in [5, 5.41) is 0. The zero-order valence-electron chi connectivity index (χ0n) is 36.7. The minimum atomic E-state index is -4.65. The first-order valence-corrected chi connectivity index (χ1v) is 23.9. The molecule has 57 heavy (non-hydrogen) atoms. The molecule has 1 fully saturated rings. The average molecular weight is 824 g/mol. The molecule has 0 aromatic rings. The van der Waals surface area contributed by atoms with Gasteiger partial charge in [0.2, 0.25) is 0 Å². The lowest BCUT2D eigenvalue weighted by Crippen LogP contribution is -2.37. The van der Waals surface area contributed by atoms with E-state index in [0.29, 0.717) is 42.5 Å². The summed E-state index contributed by atoms with van der Waals surface area (Å²) in [6.45, 7) is 4.09. The number of rotatable bonds is 39. The first kappa shape index (κ1) is 52.9. The van der Waals surface area contributed by atoms with E-state index in [4.69, 9.17) is 23.3 Å². The third-order valence-corrected chi connectivity index (χ3v) is 10.7. The van der Waals surface area contributed by atoms with Crippen LogP contribution < -0.4 is 4.89 Å². The van der Waals surface area contributed by atoms with Crippen LogP contribution in [0.2, 0.25) is 0 Å². The van der Waals surface area contributed by atoms with Gasteiger partial charge in [0.15, 0.2) is 6.10 Å². The molecule has 4 atom stereocenters. The van der Waals surface area contributed by atoms with E-state index in [9.17, 15) is 19.0 Å². The Balaban J connectivity index is 2.33. The third-order valence-electron chi connectivity index (χ3n) is 9.75. The van der Waals surface area contributed by atoms with Crippen molar-refractivity contribution in [2.75, 3.05) is 47.5 Å². The summed E-state index contributed by atoms with van der Waals surface area (Å²) < 4.78 is 39.7. The van der Waals surface area contributed by atoms with Crippen LogP contribution in [0.5, 0.6) is 0 Å². The maximum atomic E-state index is 12.7. The molecule has 0 radical (unpaired) electrons. The minimum Gasteiger partial charge on any atom is -0.756 e. The number of carbonyl (C=O) groups excluding carboxylic acids is 2. The molecule has 0 aromatic carbocycles. The first-order chi connectivity index (χ1) is 27.5. The maximum Gasteiger partial charge on any atom is 0.306 e. The smallest absolute Gasteiger partial charge is 0.306 e. The fourth-order valence-electron chi connectivity index (χ4n) is 6.09. The fraction of sp³-hybridized carbons (Fsp3) is 0.783. The Labute approximate surface area is 348 Å². The third kappa shape index (κ3) is 35.6. The Hall–Kier alpha value is -2.07. The minimum absolute atomic E-state index is 0.0465. The number of carbonyl (C=O) groups is 2. The van der Waals surface area contributed by atoms with Crippen molar-refractivity contribution in [1.82, 2.24) is 0 Å². The van der Waals surface area contributed by atoms with Gasteiger partial charge in [-0.15, -0.1) is 0 Å². The standard InChI is InChI=1S/C46H82NO9P/c1-6-8-10-12-14-15-16-17-18-19-20-21-22-23-24-28-33-37-46(49)55-42(41-54-57(50,51)53-39-38-47(3,4)5)40-52-45(48)36-32-29-25-27-31-35-44-43(56-44)34-30-26-13-11-9-7-2/h17-18,20-21,23-24,26,30,42-44H,6-16,19,22,25,27-29,31-41H2,1-5H3/b18-17-,21-20-,24-23-,30-26-/t42-,43?,44?/m1/s1. The van der Waals surface area contributed by atoms with E-state index in [1.165, 1.54) is 57.8 Å². The second-order valence-corrected chi connectivity index (χ2v) is 17.9. The second-order valence-electron chi connectivity index (χ2n) is 16.4. The molecule has 0 aromatic heterocycles. The largest absolute Gasteiger partial charge is 0.756 e. The number of esters is 2. The summed E-state index contributed by atoms with van der Waals surface area (Å²) in [5.74, 6) is -0.921. The lowest BCUT2D eigenvalue weighted by atomic mass is 10.1. The molecular weight excluding hydrogens is 741 g/mol. The van der Waals surface area contributed by atoms with Crippen molar-refractivity contribution in [2.24, 2.45) is 0 Å². The van der Waals surface area contributed by atoms with Gasteiger partial charge in [-0.05, 0) is 70.6 Å². The monoisotopic (exact) mass is 824 g/mol. The van der Waals surface area contributed by atoms with Gasteiger partial charge in [0.1, 0.15) is 19.8 Å². The summed E-state index contributed by atoms with van der Waals surface area (Å²) in [6, 6.07) is 0. The molecular formula is C46H82NO9P. The summed E-state index contributed by atoms with van der Waals surface area (Å²) in [5.41, 5.74) is 0. The van der Waals surface area contributed by atoms with Gasteiger partial charge in [-0.1, -0.05) is 133 Å². The summed E-state index contributed by atoms with van der Waals surface area (Å²) in [7, 11) is 1.11. The SMILES string of the molecule is CCCCC/C=C\CC1OC1CCCCCCCC(=O)OC[C@H](COP(=O)([O-])OCC[N+](C)(C)C)OC(=O)CCC/C=C\C/C=C\C/C=C\CCCCCCCC. The molecule has 11 heteroatoms. The van der Waals surface area contributed by atoms with Crippen molar-refractivity contribution < 1.29 is 46.8 Å². The zero-order chi connectivity index (χ0) is 41.9. The van der Waals surface area contributed by atoms with E-state index in [0.717, 1.165) is 64.2 Å². The molecule has 0 saturated carbocycles. The molecule has 0 bridgehead atoms. The van der Waals surface area contributed by atoms with Crippen LogP contribution in [0, 0.1) is 0 Å². The van der Waals surface area contributed by atoms with Crippen molar-refractivity contribution in [3.8, 4) is 0 Å². The van der Waals surface area contributed by atoms with Crippen LogP contribution >= 0.6 is 7.82 Å². The van der Waals surface area contributed by atoms with Gasteiger partial charge in [-0.2, -0.15) is 0 Å². The normalized spacial score (nSPS) is 17.6. The van der Waals surface area contributed by atoms with Crippen LogP contribution in [0.3, 0.4) is 0 Å². The zero-order valence-corrected chi connectivity index (χ0v) is 37.6. The number of likely N-dealkylation sites (N-methyl/N-ethyl adjacent to an activating group) is 1. The van der Waals surface area contributed by atoms with E-state index in [-0.39, 0.29) is 26.1 Å². The van der Waals surface area contributed by atoms with Gasteiger partial charge in [-0.25, -0.2) is 0 Å². The number of epoxide rings is 1. The number of hydrogen-bond acceptors (Lipinski definition) is 9. The topological polar surface area (TPSA) is 124 Å². The van der Waals surface area contributed by atoms with E-state index in [1.54, 1.807) is 0 Å². The van der Waals surface area contributed by atoms with Gasteiger partial charge < -0.3 is 32.6 Å². The van der Waals surface area contributed by atoms with Crippen molar-refractivity contribution in [2.45, 2.75) is 186 Å². The number of hydrogen-bond donors (Lipinski definition) is 0. The van der Waals surface area contributed by atoms with Crippen LogP contribution in [0.1, 0.15) is 168 Å². The molecule has 10 nitrogen and oxygen atoms in total. The molecule has 3 unspecified atom stereocenters. The number of quaternary nitrogens is 1. The maximum absolute atomic E-state index is 12.7. The van der Waals surface area contributed by atoms with Crippen LogP contribution in [-0.4, -0.2) is 82.2 Å². The molecule has 1 rings (SSSR count). The Morgan fingerprint density at radius 2 is 1.19 bits per heavy atom. The van der Waals surface area contributed by atoms with Gasteiger partial charge in [0.05, 0.1) is 40.0 Å². The highest BCUT2D eigenvalue weighted by molar-refractivity contribution is 7.45. The number of ether oxygens (including phenoxy) is 3. The molecule has 0 amide bonds. The van der Waals surface area contributed by atoms with E-state index >= 15 is 0 Å². The second kappa shape index (κ2) is 34.8. The van der Waals surface area contributed by atoms with E-state index < -0.39 is 32.5 Å². The summed E-state index contributed by atoms with van der Waals surface area (Å²) >= 11 is 0. The average Bonchev–Trinajstić information content (AvgIpc) is 3.92. The lowest BCUT2D eigenvalue weighted by molar-refractivity contribution is -0.870. The predicted molar refractivity (Wildman–Crippen MR) is 231 cm³/mol. The van der Waals surface area contributed by atoms with Crippen molar-refractivity contribution in [1.29, 1.82) is 0 Å². The van der Waals surface area contributed by atoms with Crippen LogP contribution in [-0.2, 0) is 37.4 Å². The number of allylic oxidation sites excluding steroid dienone is 7. The highest BCUT2D eigenvalue weighted by atomic mass is 31.2. The van der Waals surface area contributed by atoms with Gasteiger partial charge in [0.25, 0.3) is 7.82 Å². The highest BCUT2D eigenvalue weighted by Gasteiger charge is 2.36. The molecule has 1 heterocycles. The lowest BCUT2D eigenvalue weighted by Gasteiger charge is -2.28. The van der Waals surface area contributed by atoms with E-state index in [2.05, 4.69) is 56.4 Å². The molecule has 0 spiro atoms. The van der Waals surface area contributed by atoms with E-state index in [1.807, 2.05) is 27.2 Å². The van der Waals surface area contributed by atoms with Crippen molar-refractivity contribution in [3.63, 3.8) is 0 Å². The fourth-order valence-corrected chi connectivity index (χ4v) is 6.82. The number of phosphoric ester groups is 1. The van der Waals surface area contributed by atoms with Gasteiger partial charge in [-0.3, -0.25) is 14.2 Å². The van der Waals surface area contributed by atoms with Crippen LogP contribution in [0.15, 0.2) is 48.6 Å². The predicted octanol–water partition coefficient (Wildman–Crippen LogP) is 11.0. The number of nitrogens with zero attached hydrogens (tertiary/aromatic N) is 1. The highest BCUT2D eigenvalue weighted by Crippen LogP contribution is 2.38. The summed E-state index contributed by atoms with van der Waals surface area (Å²) in [4.78, 5) is 37.6. The molecule has 0 N–H and O–H groups in total. The molecule has 330 valence electrons. The quantitative estimate of drug-likeness (QED) is 0.0149. The Morgan fingerprint density at radius 3 is 1.88 bits per heavy atom. The Bertz CT molecular complexity index is 1180. The molecule has 1 aliphatic rings. The Kier molecular flexibility index (Phi) is 32.3. The van der Waals surface area contributed by atoms with Crippen molar-refractivity contribution >= 4 is 19.8 Å². The van der Waals surface area contributed by atoms with Crippen molar-refractivity contribution in [3.05, 3.63) is 48.6 Å². The summed E-state index contributed by atoms with van der Waals surface area (Å²) in [6.07, 6.45) is 41.6. The molecule has 0 aliphatic carbocycles. The molecule has 1 saturated heterocycles. The van der Waals surface area contributed by atoms with Crippen LogP contribution in [0.4, 0.5) is 0 Å². The first-order valence-electron chi connectivity index (χ1n) is 22.5. The van der Waals surface area contributed by atoms with Gasteiger partial charge in [0, 0.05) is 12.8 Å². The number of unbranched alkanes of at least 4 members (excludes halogenated alkanes) is 14. The number of phosphoric acid groups is 1.